The standard InChI is InChI=1S/C38H59NO7/c1-6-8-10-12-14-16-17-18-19-21-23-25-27-29-37(41)46-34(32-44-31-30-35(38(42)43)39(3,4)5)33-45-36(40)28-26-24-22-20-15-13-11-9-7-2/h8-12,14-20,24,26,34-35H,6-7,13,21-23,25,27-33H2,1-5H3/p+1/b10-8+,11-9+,14-12+,17-16+,19-18+,20-15+,26-24+. The lowest BCUT2D eigenvalue weighted by atomic mass is 10.1. The van der Waals surface area contributed by atoms with Crippen LogP contribution in [0.5, 0.6) is 0 Å². The first-order chi connectivity index (χ1) is 22.1. The van der Waals surface area contributed by atoms with Crippen LogP contribution in [0.3, 0.4) is 0 Å². The summed E-state index contributed by atoms with van der Waals surface area (Å²) in [5.74, 6) is -1.69. The van der Waals surface area contributed by atoms with Gasteiger partial charge in [0.15, 0.2) is 12.1 Å². The number of carbonyl (C=O) groups is 3. The first kappa shape index (κ1) is 42.5. The number of likely N-dealkylation sites (N-methyl/N-ethyl adjacent to an activating group) is 1. The number of esters is 2. The molecular weight excluding hydrogens is 582 g/mol. The molecule has 0 aromatic heterocycles. The van der Waals surface area contributed by atoms with Gasteiger partial charge in [0.25, 0.3) is 0 Å². The summed E-state index contributed by atoms with van der Waals surface area (Å²) in [4.78, 5) is 36.5. The van der Waals surface area contributed by atoms with Gasteiger partial charge in [0.05, 0.1) is 40.8 Å². The van der Waals surface area contributed by atoms with E-state index in [0.717, 1.165) is 44.9 Å². The molecule has 0 radical (unpaired) electrons. The van der Waals surface area contributed by atoms with Crippen LogP contribution in [0, 0.1) is 0 Å². The summed E-state index contributed by atoms with van der Waals surface area (Å²) in [5.41, 5.74) is 0. The van der Waals surface area contributed by atoms with E-state index in [1.54, 1.807) is 6.08 Å². The average Bonchev–Trinajstić information content (AvgIpc) is 3.00. The molecule has 0 bridgehead atoms. The highest BCUT2D eigenvalue weighted by atomic mass is 16.6. The molecule has 2 atom stereocenters. The van der Waals surface area contributed by atoms with Crippen molar-refractivity contribution in [3.8, 4) is 0 Å². The van der Waals surface area contributed by atoms with Gasteiger partial charge in [0.1, 0.15) is 6.61 Å². The zero-order valence-corrected chi connectivity index (χ0v) is 29.0. The lowest BCUT2D eigenvalue weighted by Crippen LogP contribution is -2.50. The smallest absolute Gasteiger partial charge is 0.362 e. The van der Waals surface area contributed by atoms with Crippen LogP contribution in [0.2, 0.25) is 0 Å². The normalized spacial score (nSPS) is 14.2. The second-order valence-corrected chi connectivity index (χ2v) is 11.8. The van der Waals surface area contributed by atoms with Gasteiger partial charge in [-0.05, 0) is 44.9 Å². The lowest BCUT2D eigenvalue weighted by molar-refractivity contribution is -0.887. The maximum Gasteiger partial charge on any atom is 0.362 e. The zero-order chi connectivity index (χ0) is 34.3. The Morgan fingerprint density at radius 2 is 1.30 bits per heavy atom. The van der Waals surface area contributed by atoms with Gasteiger partial charge in [-0.25, -0.2) is 4.79 Å². The molecule has 0 aromatic carbocycles. The molecule has 2 unspecified atom stereocenters. The number of quaternary nitrogens is 1. The summed E-state index contributed by atoms with van der Waals surface area (Å²) in [6.45, 7) is 4.26. The molecule has 8 nitrogen and oxygen atoms in total. The fraction of sp³-hybridized carbons (Fsp3) is 0.553. The Bertz CT molecular complexity index is 1030. The van der Waals surface area contributed by atoms with Crippen molar-refractivity contribution in [2.45, 2.75) is 96.6 Å². The van der Waals surface area contributed by atoms with E-state index in [0.29, 0.717) is 12.8 Å². The molecule has 0 fully saturated rings. The Morgan fingerprint density at radius 1 is 0.696 bits per heavy atom. The molecule has 0 aromatic rings. The zero-order valence-electron chi connectivity index (χ0n) is 29.0. The number of hydrogen-bond donors (Lipinski definition) is 1. The van der Waals surface area contributed by atoms with Crippen molar-refractivity contribution in [1.82, 2.24) is 0 Å². The number of rotatable bonds is 27. The maximum absolute atomic E-state index is 12.6. The fourth-order valence-corrected chi connectivity index (χ4v) is 4.10. The van der Waals surface area contributed by atoms with Gasteiger partial charge in [-0.2, -0.15) is 0 Å². The number of ether oxygens (including phenoxy) is 3. The number of carboxylic acid groups (broad SMARTS) is 1. The Morgan fingerprint density at radius 3 is 1.93 bits per heavy atom. The molecule has 0 rings (SSSR count). The number of nitrogens with zero attached hydrogens (tertiary/aromatic N) is 1. The molecule has 46 heavy (non-hydrogen) atoms. The first-order valence-corrected chi connectivity index (χ1v) is 16.7. The van der Waals surface area contributed by atoms with E-state index in [1.165, 1.54) is 0 Å². The molecule has 0 heterocycles. The number of carboxylic acids is 1. The number of hydrogen-bond acceptors (Lipinski definition) is 6. The molecule has 0 saturated heterocycles. The van der Waals surface area contributed by atoms with Gasteiger partial charge in [-0.1, -0.05) is 105 Å². The van der Waals surface area contributed by atoms with Crippen LogP contribution in [0.15, 0.2) is 85.1 Å². The van der Waals surface area contributed by atoms with Crippen LogP contribution < -0.4 is 0 Å². The predicted octanol–water partition coefficient (Wildman–Crippen LogP) is 7.84. The van der Waals surface area contributed by atoms with E-state index in [1.807, 2.05) is 69.8 Å². The van der Waals surface area contributed by atoms with E-state index < -0.39 is 24.1 Å². The molecule has 258 valence electrons. The van der Waals surface area contributed by atoms with Crippen molar-refractivity contribution in [3.63, 3.8) is 0 Å². The highest BCUT2D eigenvalue weighted by molar-refractivity contribution is 5.72. The molecule has 1 N–H and O–H groups in total. The second kappa shape index (κ2) is 28.9. The minimum Gasteiger partial charge on any atom is -0.477 e. The van der Waals surface area contributed by atoms with Crippen LogP contribution in [0.25, 0.3) is 0 Å². The topological polar surface area (TPSA) is 99.1 Å². The number of unbranched alkanes of at least 4 members (excludes halogenated alkanes) is 3. The van der Waals surface area contributed by atoms with E-state index >= 15 is 0 Å². The summed E-state index contributed by atoms with van der Waals surface area (Å²) in [7, 11) is 5.45. The predicted molar refractivity (Wildman–Crippen MR) is 187 cm³/mol. The summed E-state index contributed by atoms with van der Waals surface area (Å²) in [5, 5.41) is 9.54. The fourth-order valence-electron chi connectivity index (χ4n) is 4.10. The second-order valence-electron chi connectivity index (χ2n) is 11.8. The molecule has 0 saturated carbocycles. The van der Waals surface area contributed by atoms with Gasteiger partial charge in [-0.15, -0.1) is 0 Å². The van der Waals surface area contributed by atoms with Gasteiger partial charge in [-0.3, -0.25) is 9.59 Å². The minimum absolute atomic E-state index is 0.0119. The summed E-state index contributed by atoms with van der Waals surface area (Å²) < 4.78 is 16.9. The molecule has 0 aliphatic rings. The van der Waals surface area contributed by atoms with Crippen molar-refractivity contribution in [3.05, 3.63) is 85.1 Å². The molecule has 0 spiro atoms. The summed E-state index contributed by atoms with van der Waals surface area (Å²) in [6.07, 6.45) is 35.3. The third-order valence-electron chi connectivity index (χ3n) is 6.67. The Hall–Kier alpha value is -3.49. The van der Waals surface area contributed by atoms with E-state index in [-0.39, 0.29) is 43.1 Å². The van der Waals surface area contributed by atoms with Crippen LogP contribution in [0.1, 0.15) is 84.5 Å². The van der Waals surface area contributed by atoms with Crippen molar-refractivity contribution in [2.24, 2.45) is 0 Å². The highest BCUT2D eigenvalue weighted by Gasteiger charge is 2.31. The molecule has 0 aliphatic heterocycles. The van der Waals surface area contributed by atoms with Crippen LogP contribution in [-0.4, -0.2) is 80.6 Å². The molecule has 0 amide bonds. The van der Waals surface area contributed by atoms with E-state index in [9.17, 15) is 19.5 Å². The summed E-state index contributed by atoms with van der Waals surface area (Å²) >= 11 is 0. The SMILES string of the molecule is CC/C=C/C=C/C=C/C=C/CCCCCC(=O)OC(COCCC(C(=O)O)[N+](C)(C)C)COC(=O)C/C=C/C/C=C/C/C=C/CC. The Kier molecular flexibility index (Phi) is 26.8. The average molecular weight is 643 g/mol. The first-order valence-electron chi connectivity index (χ1n) is 16.7. The largest absolute Gasteiger partial charge is 0.477 e. The summed E-state index contributed by atoms with van der Waals surface area (Å²) in [6, 6.07) is -0.635. The molecule has 8 heteroatoms. The van der Waals surface area contributed by atoms with Crippen LogP contribution >= 0.6 is 0 Å². The van der Waals surface area contributed by atoms with Crippen molar-refractivity contribution in [2.75, 3.05) is 41.0 Å². The Labute approximate surface area is 278 Å². The molecular formula is C38H60NO7+. The van der Waals surface area contributed by atoms with Gasteiger partial charge in [0.2, 0.25) is 0 Å². The monoisotopic (exact) mass is 642 g/mol. The van der Waals surface area contributed by atoms with Crippen LogP contribution in [0.4, 0.5) is 0 Å². The van der Waals surface area contributed by atoms with Gasteiger partial charge >= 0.3 is 17.9 Å². The molecule has 0 aliphatic carbocycles. The quantitative estimate of drug-likeness (QED) is 0.0320. The van der Waals surface area contributed by atoms with Crippen molar-refractivity contribution >= 4 is 17.9 Å². The third-order valence-corrected chi connectivity index (χ3v) is 6.67. The van der Waals surface area contributed by atoms with E-state index in [4.69, 9.17) is 14.2 Å². The maximum atomic E-state index is 12.6. The van der Waals surface area contributed by atoms with Crippen molar-refractivity contribution in [1.29, 1.82) is 0 Å². The van der Waals surface area contributed by atoms with Crippen LogP contribution in [-0.2, 0) is 28.6 Å². The Balaban J connectivity index is 4.69. The van der Waals surface area contributed by atoms with Gasteiger partial charge in [0, 0.05) is 12.8 Å². The van der Waals surface area contributed by atoms with Gasteiger partial charge < -0.3 is 23.8 Å². The number of allylic oxidation sites excluding steroid dienone is 13. The van der Waals surface area contributed by atoms with Crippen molar-refractivity contribution < 1.29 is 38.2 Å². The number of aliphatic carboxylic acids is 1. The lowest BCUT2D eigenvalue weighted by Gasteiger charge is -2.31. The van der Waals surface area contributed by atoms with E-state index in [2.05, 4.69) is 44.2 Å². The third kappa shape index (κ3) is 26.9. The number of carbonyl (C=O) groups excluding carboxylic acids is 2. The highest BCUT2D eigenvalue weighted by Crippen LogP contribution is 2.10. The minimum atomic E-state index is -0.899.